The standard InChI is InChI=1S/C17H16N2O/c20-16(13-7-2-1-3-8-13)14-9-4-5-10-15(14)17-18-11-6-12-19-17/h1-5,7-10H,6,11-12H2,(H,18,19). The number of hydrogen-bond donors (Lipinski definition) is 1. The molecule has 3 heteroatoms. The molecule has 1 heterocycles. The number of benzene rings is 2. The van der Waals surface area contributed by atoms with Crippen LogP contribution < -0.4 is 5.32 Å². The first-order valence-corrected chi connectivity index (χ1v) is 6.84. The lowest BCUT2D eigenvalue weighted by atomic mass is 9.97. The normalized spacial score (nSPS) is 14.3. The molecule has 0 saturated carbocycles. The van der Waals surface area contributed by atoms with Gasteiger partial charge in [-0.1, -0.05) is 54.6 Å². The third-order valence-electron chi connectivity index (χ3n) is 3.36. The van der Waals surface area contributed by atoms with E-state index in [4.69, 9.17) is 0 Å². The largest absolute Gasteiger partial charge is 0.370 e. The fourth-order valence-corrected chi connectivity index (χ4v) is 2.35. The van der Waals surface area contributed by atoms with Crippen molar-refractivity contribution >= 4 is 11.6 Å². The van der Waals surface area contributed by atoms with Gasteiger partial charge in [-0.3, -0.25) is 9.79 Å². The van der Waals surface area contributed by atoms with Crippen molar-refractivity contribution in [3.05, 3.63) is 71.3 Å². The van der Waals surface area contributed by atoms with Gasteiger partial charge in [-0.05, 0) is 6.42 Å². The summed E-state index contributed by atoms with van der Waals surface area (Å²) in [6.07, 6.45) is 1.04. The summed E-state index contributed by atoms with van der Waals surface area (Å²) in [5.41, 5.74) is 2.30. The Morgan fingerprint density at radius 2 is 1.75 bits per heavy atom. The van der Waals surface area contributed by atoms with Crippen molar-refractivity contribution < 1.29 is 4.79 Å². The van der Waals surface area contributed by atoms with E-state index in [-0.39, 0.29) is 5.78 Å². The molecule has 20 heavy (non-hydrogen) atoms. The number of nitrogens with zero attached hydrogens (tertiary/aromatic N) is 1. The van der Waals surface area contributed by atoms with E-state index in [2.05, 4.69) is 10.3 Å². The van der Waals surface area contributed by atoms with Crippen molar-refractivity contribution in [3.8, 4) is 0 Å². The van der Waals surface area contributed by atoms with Crippen LogP contribution in [0.4, 0.5) is 0 Å². The fourth-order valence-electron chi connectivity index (χ4n) is 2.35. The average molecular weight is 264 g/mol. The molecular weight excluding hydrogens is 248 g/mol. The molecule has 0 radical (unpaired) electrons. The van der Waals surface area contributed by atoms with Crippen LogP contribution in [0, 0.1) is 0 Å². The highest BCUT2D eigenvalue weighted by Gasteiger charge is 2.17. The van der Waals surface area contributed by atoms with Crippen LogP contribution in [-0.4, -0.2) is 24.7 Å². The number of amidine groups is 1. The SMILES string of the molecule is O=C(c1ccccc1)c1ccccc1C1=NCCCN1. The Bertz CT molecular complexity index is 647. The third-order valence-corrected chi connectivity index (χ3v) is 3.36. The predicted octanol–water partition coefficient (Wildman–Crippen LogP) is 2.66. The Morgan fingerprint density at radius 1 is 1.00 bits per heavy atom. The summed E-state index contributed by atoms with van der Waals surface area (Å²) in [5.74, 6) is 0.868. The molecule has 3 rings (SSSR count). The Labute approximate surface area is 118 Å². The molecule has 1 N–H and O–H groups in total. The molecule has 0 fully saturated rings. The topological polar surface area (TPSA) is 41.5 Å². The summed E-state index contributed by atoms with van der Waals surface area (Å²) >= 11 is 0. The van der Waals surface area contributed by atoms with Crippen LogP contribution in [0.5, 0.6) is 0 Å². The molecule has 100 valence electrons. The summed E-state index contributed by atoms with van der Waals surface area (Å²) in [6.45, 7) is 1.73. The smallest absolute Gasteiger partial charge is 0.193 e. The first-order valence-electron chi connectivity index (χ1n) is 6.84. The highest BCUT2D eigenvalue weighted by Crippen LogP contribution is 2.16. The zero-order chi connectivity index (χ0) is 13.8. The minimum Gasteiger partial charge on any atom is -0.370 e. The molecule has 0 atom stereocenters. The van der Waals surface area contributed by atoms with Crippen LogP contribution in [0.1, 0.15) is 27.9 Å². The summed E-state index contributed by atoms with van der Waals surface area (Å²) in [4.78, 5) is 17.1. The molecule has 2 aromatic carbocycles. The molecule has 0 aromatic heterocycles. The number of carbonyl (C=O) groups excluding carboxylic acids is 1. The Kier molecular flexibility index (Phi) is 3.59. The van der Waals surface area contributed by atoms with Crippen LogP contribution in [0.3, 0.4) is 0 Å². The van der Waals surface area contributed by atoms with Crippen molar-refractivity contribution in [2.45, 2.75) is 6.42 Å². The zero-order valence-corrected chi connectivity index (χ0v) is 11.2. The molecule has 0 amide bonds. The van der Waals surface area contributed by atoms with Crippen molar-refractivity contribution in [3.63, 3.8) is 0 Å². The van der Waals surface area contributed by atoms with E-state index >= 15 is 0 Å². The molecule has 0 spiro atoms. The van der Waals surface area contributed by atoms with Gasteiger partial charge in [0.15, 0.2) is 5.78 Å². The molecule has 0 unspecified atom stereocenters. The lowest BCUT2D eigenvalue weighted by molar-refractivity contribution is 0.103. The van der Waals surface area contributed by atoms with Crippen molar-refractivity contribution in [2.75, 3.05) is 13.1 Å². The molecular formula is C17H16N2O. The van der Waals surface area contributed by atoms with E-state index in [1.54, 1.807) is 0 Å². The lowest BCUT2D eigenvalue weighted by Crippen LogP contribution is -2.31. The number of carbonyl (C=O) groups is 1. The highest BCUT2D eigenvalue weighted by atomic mass is 16.1. The number of nitrogens with one attached hydrogen (secondary N) is 1. The Morgan fingerprint density at radius 3 is 2.50 bits per heavy atom. The summed E-state index contributed by atoms with van der Waals surface area (Å²) in [5, 5.41) is 3.28. The van der Waals surface area contributed by atoms with Gasteiger partial charge in [-0.15, -0.1) is 0 Å². The molecule has 1 aliphatic rings. The van der Waals surface area contributed by atoms with Gasteiger partial charge in [-0.25, -0.2) is 0 Å². The third kappa shape index (κ3) is 2.48. The summed E-state index contributed by atoms with van der Waals surface area (Å²) in [6, 6.07) is 17.0. The first-order chi connectivity index (χ1) is 9.86. The number of ketones is 1. The predicted molar refractivity (Wildman–Crippen MR) is 80.3 cm³/mol. The van der Waals surface area contributed by atoms with Crippen LogP contribution in [0.15, 0.2) is 59.6 Å². The Hall–Kier alpha value is -2.42. The highest BCUT2D eigenvalue weighted by molar-refractivity contribution is 6.16. The van der Waals surface area contributed by atoms with E-state index in [0.29, 0.717) is 11.1 Å². The minimum absolute atomic E-state index is 0.0382. The first kappa shape index (κ1) is 12.6. The van der Waals surface area contributed by atoms with Gasteiger partial charge in [0, 0.05) is 29.8 Å². The number of hydrogen-bond acceptors (Lipinski definition) is 3. The molecule has 3 nitrogen and oxygen atoms in total. The van der Waals surface area contributed by atoms with E-state index < -0.39 is 0 Å². The van der Waals surface area contributed by atoms with Gasteiger partial charge in [0.2, 0.25) is 0 Å². The second kappa shape index (κ2) is 5.70. The summed E-state index contributed by atoms with van der Waals surface area (Å²) in [7, 11) is 0. The van der Waals surface area contributed by atoms with Crippen LogP contribution in [0.25, 0.3) is 0 Å². The summed E-state index contributed by atoms with van der Waals surface area (Å²) < 4.78 is 0. The molecule has 0 bridgehead atoms. The Balaban J connectivity index is 2.02. The zero-order valence-electron chi connectivity index (χ0n) is 11.2. The van der Waals surface area contributed by atoms with Crippen LogP contribution >= 0.6 is 0 Å². The van der Waals surface area contributed by atoms with Crippen molar-refractivity contribution in [2.24, 2.45) is 4.99 Å². The average Bonchev–Trinajstić information content (AvgIpc) is 2.56. The monoisotopic (exact) mass is 264 g/mol. The second-order valence-corrected chi connectivity index (χ2v) is 4.75. The van der Waals surface area contributed by atoms with Gasteiger partial charge >= 0.3 is 0 Å². The van der Waals surface area contributed by atoms with Crippen LogP contribution in [0.2, 0.25) is 0 Å². The number of aliphatic imine (C=N–C) groups is 1. The second-order valence-electron chi connectivity index (χ2n) is 4.75. The maximum Gasteiger partial charge on any atom is 0.193 e. The number of rotatable bonds is 3. The van der Waals surface area contributed by atoms with Gasteiger partial charge in [-0.2, -0.15) is 0 Å². The van der Waals surface area contributed by atoms with Gasteiger partial charge in [0.1, 0.15) is 5.84 Å². The quantitative estimate of drug-likeness (QED) is 0.866. The van der Waals surface area contributed by atoms with Gasteiger partial charge in [0.25, 0.3) is 0 Å². The molecule has 0 aliphatic carbocycles. The maximum atomic E-state index is 12.6. The minimum atomic E-state index is 0.0382. The lowest BCUT2D eigenvalue weighted by Gasteiger charge is -2.17. The fraction of sp³-hybridized carbons (Fsp3) is 0.176. The van der Waals surface area contributed by atoms with E-state index in [0.717, 1.165) is 30.9 Å². The molecule has 2 aromatic rings. The van der Waals surface area contributed by atoms with Gasteiger partial charge in [0.05, 0.1) is 0 Å². The van der Waals surface area contributed by atoms with Gasteiger partial charge < -0.3 is 5.32 Å². The van der Waals surface area contributed by atoms with Crippen molar-refractivity contribution in [1.82, 2.24) is 5.32 Å². The molecule has 0 saturated heterocycles. The van der Waals surface area contributed by atoms with E-state index in [9.17, 15) is 4.79 Å². The van der Waals surface area contributed by atoms with Crippen molar-refractivity contribution in [1.29, 1.82) is 0 Å². The maximum absolute atomic E-state index is 12.6. The van der Waals surface area contributed by atoms with E-state index in [1.165, 1.54) is 0 Å². The van der Waals surface area contributed by atoms with E-state index in [1.807, 2.05) is 54.6 Å². The molecule has 1 aliphatic heterocycles. The van der Waals surface area contributed by atoms with Crippen LogP contribution in [-0.2, 0) is 0 Å².